The average Bonchev–Trinajstić information content (AvgIpc) is 2.35. The number of rotatable bonds is 5. The van der Waals surface area contributed by atoms with Gasteiger partial charge in [-0.1, -0.05) is 42.5 Å². The van der Waals surface area contributed by atoms with Crippen molar-refractivity contribution in [2.75, 3.05) is 6.54 Å². The van der Waals surface area contributed by atoms with Crippen LogP contribution in [0.25, 0.3) is 6.08 Å². The van der Waals surface area contributed by atoms with Gasteiger partial charge in [-0.05, 0) is 32.4 Å². The minimum absolute atomic E-state index is 0.0300. The highest BCUT2D eigenvalue weighted by atomic mass is 32.1. The third-order valence-corrected chi connectivity index (χ3v) is 3.08. The van der Waals surface area contributed by atoms with Gasteiger partial charge in [-0.15, -0.1) is 0 Å². The van der Waals surface area contributed by atoms with Gasteiger partial charge in [0.05, 0.1) is 4.99 Å². The van der Waals surface area contributed by atoms with E-state index in [0.717, 1.165) is 5.56 Å². The molecule has 0 aliphatic heterocycles. The number of hydrogen-bond acceptors (Lipinski definition) is 2. The number of amides is 1. The molecule has 4 heteroatoms. The monoisotopic (exact) mass is 290 g/mol. The van der Waals surface area contributed by atoms with Crippen LogP contribution in [0.5, 0.6) is 0 Å². The molecule has 0 saturated carbocycles. The topological polar surface area (TPSA) is 46.3 Å². The van der Waals surface area contributed by atoms with Crippen LogP contribution in [0.15, 0.2) is 36.4 Å². The highest BCUT2D eigenvalue weighted by Crippen LogP contribution is 2.15. The molecule has 2 N–H and O–H groups in total. The van der Waals surface area contributed by atoms with E-state index in [0.29, 0.717) is 18.0 Å². The molecule has 3 nitrogen and oxygen atoms in total. The molecule has 0 atom stereocenters. The molecule has 1 aromatic rings. The summed E-state index contributed by atoms with van der Waals surface area (Å²) in [5.74, 6) is -0.0300. The molecule has 0 unspecified atom stereocenters. The molecule has 0 bridgehead atoms. The minimum Gasteiger partial charge on any atom is -0.393 e. The third kappa shape index (κ3) is 5.53. The summed E-state index contributed by atoms with van der Waals surface area (Å²) in [6, 6.07) is 9.75. The lowest BCUT2D eigenvalue weighted by atomic mass is 10.1. The van der Waals surface area contributed by atoms with Crippen LogP contribution < -0.4 is 5.73 Å². The Kier molecular flexibility index (Phi) is 5.89. The van der Waals surface area contributed by atoms with E-state index in [-0.39, 0.29) is 11.4 Å². The number of thiocarbonyl (C=S) groups is 1. The van der Waals surface area contributed by atoms with Crippen LogP contribution in [-0.4, -0.2) is 27.9 Å². The molecular weight excluding hydrogens is 268 g/mol. The zero-order chi connectivity index (χ0) is 15.2. The molecule has 0 saturated heterocycles. The van der Waals surface area contributed by atoms with Gasteiger partial charge in [-0.25, -0.2) is 0 Å². The van der Waals surface area contributed by atoms with E-state index in [1.165, 1.54) is 0 Å². The van der Waals surface area contributed by atoms with E-state index in [9.17, 15) is 4.79 Å². The summed E-state index contributed by atoms with van der Waals surface area (Å²) in [5, 5.41) is 0. The Hall–Kier alpha value is -1.68. The number of nitrogens with two attached hydrogens (primary N) is 1. The Morgan fingerprint density at radius 2 is 1.90 bits per heavy atom. The Morgan fingerprint density at radius 3 is 2.40 bits per heavy atom. The molecule has 0 heterocycles. The van der Waals surface area contributed by atoms with Gasteiger partial charge in [0.1, 0.15) is 0 Å². The Bertz CT molecular complexity index is 489. The van der Waals surface area contributed by atoms with Gasteiger partial charge in [0, 0.05) is 24.6 Å². The lowest BCUT2D eigenvalue weighted by Gasteiger charge is -2.35. The second kappa shape index (κ2) is 7.20. The van der Waals surface area contributed by atoms with Gasteiger partial charge in [0.2, 0.25) is 5.91 Å². The van der Waals surface area contributed by atoms with Crippen LogP contribution in [0.1, 0.15) is 32.8 Å². The predicted molar refractivity (Wildman–Crippen MR) is 88.3 cm³/mol. The first kappa shape index (κ1) is 16.4. The highest BCUT2D eigenvalue weighted by Gasteiger charge is 2.24. The Labute approximate surface area is 126 Å². The maximum Gasteiger partial charge on any atom is 0.247 e. The van der Waals surface area contributed by atoms with Crippen molar-refractivity contribution in [1.82, 2.24) is 4.90 Å². The van der Waals surface area contributed by atoms with Crippen LogP contribution in [0.3, 0.4) is 0 Å². The lowest BCUT2D eigenvalue weighted by molar-refractivity contribution is -0.130. The predicted octanol–water partition coefficient (Wildman–Crippen LogP) is 3.00. The quantitative estimate of drug-likeness (QED) is 0.670. The summed E-state index contributed by atoms with van der Waals surface area (Å²) in [5.41, 5.74) is 6.27. The van der Waals surface area contributed by atoms with Crippen molar-refractivity contribution in [2.24, 2.45) is 5.73 Å². The summed E-state index contributed by atoms with van der Waals surface area (Å²) >= 11 is 4.89. The van der Waals surface area contributed by atoms with Crippen LogP contribution >= 0.6 is 12.2 Å². The summed E-state index contributed by atoms with van der Waals surface area (Å²) in [6.07, 6.45) is 3.96. The van der Waals surface area contributed by atoms with E-state index in [1.54, 1.807) is 11.0 Å². The van der Waals surface area contributed by atoms with Crippen LogP contribution in [0.4, 0.5) is 0 Å². The molecule has 0 fully saturated rings. The van der Waals surface area contributed by atoms with Crippen LogP contribution in [0.2, 0.25) is 0 Å². The fraction of sp³-hybridized carbons (Fsp3) is 0.375. The Balaban J connectivity index is 2.78. The summed E-state index contributed by atoms with van der Waals surface area (Å²) in [4.78, 5) is 14.5. The van der Waals surface area contributed by atoms with Crippen molar-refractivity contribution < 1.29 is 4.79 Å². The minimum atomic E-state index is -0.261. The van der Waals surface area contributed by atoms with Gasteiger partial charge in [-0.3, -0.25) is 4.79 Å². The molecular formula is C16H22N2OS. The van der Waals surface area contributed by atoms with Gasteiger partial charge >= 0.3 is 0 Å². The number of nitrogens with zero attached hydrogens (tertiary/aromatic N) is 1. The first-order valence-corrected chi connectivity index (χ1v) is 7.04. The number of carbonyl (C=O) groups excluding carboxylic acids is 1. The first-order valence-electron chi connectivity index (χ1n) is 6.64. The normalized spacial score (nSPS) is 11.6. The molecule has 0 spiro atoms. The van der Waals surface area contributed by atoms with Gasteiger partial charge in [0.25, 0.3) is 0 Å². The molecule has 0 aliphatic rings. The zero-order valence-corrected chi connectivity index (χ0v) is 13.1. The van der Waals surface area contributed by atoms with Crippen molar-refractivity contribution in [1.29, 1.82) is 0 Å². The molecule has 0 aromatic heterocycles. The van der Waals surface area contributed by atoms with E-state index >= 15 is 0 Å². The van der Waals surface area contributed by atoms with Crippen molar-refractivity contribution >= 4 is 29.2 Å². The van der Waals surface area contributed by atoms with Gasteiger partial charge in [0.15, 0.2) is 0 Å². The zero-order valence-electron chi connectivity index (χ0n) is 12.3. The average molecular weight is 290 g/mol. The van der Waals surface area contributed by atoms with Crippen LogP contribution in [0, 0.1) is 0 Å². The van der Waals surface area contributed by atoms with Gasteiger partial charge < -0.3 is 10.6 Å². The van der Waals surface area contributed by atoms with E-state index in [2.05, 4.69) is 0 Å². The van der Waals surface area contributed by atoms with Crippen molar-refractivity contribution in [3.8, 4) is 0 Å². The second-order valence-corrected chi connectivity index (χ2v) is 6.15. The summed E-state index contributed by atoms with van der Waals surface area (Å²) in [6.45, 7) is 6.54. The second-order valence-electron chi connectivity index (χ2n) is 5.62. The molecule has 20 heavy (non-hydrogen) atoms. The van der Waals surface area contributed by atoms with Gasteiger partial charge in [-0.2, -0.15) is 0 Å². The largest absolute Gasteiger partial charge is 0.393 e. The van der Waals surface area contributed by atoms with Crippen LogP contribution in [-0.2, 0) is 4.79 Å². The maximum atomic E-state index is 12.3. The number of benzene rings is 1. The molecule has 108 valence electrons. The fourth-order valence-electron chi connectivity index (χ4n) is 1.82. The van der Waals surface area contributed by atoms with E-state index in [1.807, 2.05) is 57.2 Å². The van der Waals surface area contributed by atoms with Crippen molar-refractivity contribution in [2.45, 2.75) is 32.7 Å². The standard InChI is InChI=1S/C16H22N2OS/c1-16(2,3)18(12-11-14(17)20)15(19)10-9-13-7-5-4-6-8-13/h4-10H,11-12H2,1-3H3,(H2,17,20)/b10-9+. The lowest BCUT2D eigenvalue weighted by Crippen LogP contribution is -2.46. The first-order chi connectivity index (χ1) is 9.30. The fourth-order valence-corrected chi connectivity index (χ4v) is 1.91. The Morgan fingerprint density at radius 1 is 1.30 bits per heavy atom. The van der Waals surface area contributed by atoms with Crippen molar-refractivity contribution in [3.63, 3.8) is 0 Å². The van der Waals surface area contributed by atoms with E-state index < -0.39 is 0 Å². The maximum absolute atomic E-state index is 12.3. The highest BCUT2D eigenvalue weighted by molar-refractivity contribution is 7.80. The summed E-state index contributed by atoms with van der Waals surface area (Å²) < 4.78 is 0. The smallest absolute Gasteiger partial charge is 0.247 e. The molecule has 1 amide bonds. The number of hydrogen-bond donors (Lipinski definition) is 1. The molecule has 0 radical (unpaired) electrons. The molecule has 1 aromatic carbocycles. The third-order valence-electron chi connectivity index (χ3n) is 2.88. The van der Waals surface area contributed by atoms with E-state index in [4.69, 9.17) is 18.0 Å². The molecule has 1 rings (SSSR count). The molecule has 0 aliphatic carbocycles. The number of carbonyl (C=O) groups is 1. The summed E-state index contributed by atoms with van der Waals surface area (Å²) in [7, 11) is 0. The SMILES string of the molecule is CC(C)(C)N(CCC(N)=S)C(=O)/C=C/c1ccccc1. The van der Waals surface area contributed by atoms with Crippen molar-refractivity contribution in [3.05, 3.63) is 42.0 Å².